The third-order valence-electron chi connectivity index (χ3n) is 2.65. The Morgan fingerprint density at radius 3 is 2.57 bits per heavy atom. The van der Waals surface area contributed by atoms with Gasteiger partial charge in [-0.2, -0.15) is 0 Å². The van der Waals surface area contributed by atoms with Crippen molar-refractivity contribution in [2.75, 3.05) is 14.2 Å². The third-order valence-corrected chi connectivity index (χ3v) is 2.65. The highest BCUT2D eigenvalue weighted by molar-refractivity contribution is 5.44. The van der Waals surface area contributed by atoms with E-state index in [1.165, 1.54) is 11.1 Å². The summed E-state index contributed by atoms with van der Waals surface area (Å²) in [4.78, 5) is 2.24. The maximum atomic E-state index is 9.15. The quantitative estimate of drug-likeness (QED) is 0.764. The average Bonchev–Trinajstić information content (AvgIpc) is 2.54. The number of ether oxygens (including phenoxy) is 1. The highest BCUT2D eigenvalue weighted by atomic mass is 16.5. The molecule has 0 spiro atoms. The number of hydrogen-bond acceptors (Lipinski definition) is 3. The van der Waals surface area contributed by atoms with Gasteiger partial charge in [-0.1, -0.05) is 0 Å². The molecule has 0 unspecified atom stereocenters. The van der Waals surface area contributed by atoms with Gasteiger partial charge in [0.15, 0.2) is 0 Å². The highest BCUT2D eigenvalue weighted by Gasteiger charge is 2.18. The molecule has 0 saturated heterocycles. The first-order chi connectivity index (χ1) is 6.74. The molecule has 0 fully saturated rings. The van der Waals surface area contributed by atoms with Crippen LogP contribution in [0.25, 0.3) is 0 Å². The molecule has 76 valence electrons. The summed E-state index contributed by atoms with van der Waals surface area (Å²) in [6, 6.07) is 4.07. The molecule has 2 rings (SSSR count). The number of hydrogen-bond donors (Lipinski definition) is 1. The minimum Gasteiger partial charge on any atom is -0.496 e. The Morgan fingerprint density at radius 1 is 1.36 bits per heavy atom. The number of fused-ring (bicyclic) bond motifs is 1. The Kier molecular flexibility index (Phi) is 2.44. The predicted molar refractivity (Wildman–Crippen MR) is 54.1 cm³/mol. The summed E-state index contributed by atoms with van der Waals surface area (Å²) >= 11 is 0. The van der Waals surface area contributed by atoms with Gasteiger partial charge in [0.25, 0.3) is 0 Å². The molecule has 14 heavy (non-hydrogen) atoms. The summed E-state index contributed by atoms with van der Waals surface area (Å²) in [6.07, 6.45) is 0. The van der Waals surface area contributed by atoms with Gasteiger partial charge in [0.1, 0.15) is 5.75 Å². The van der Waals surface area contributed by atoms with Crippen LogP contribution in [-0.2, 0) is 19.7 Å². The van der Waals surface area contributed by atoms with E-state index in [-0.39, 0.29) is 6.61 Å². The molecule has 0 aliphatic carbocycles. The monoisotopic (exact) mass is 193 g/mol. The minimum atomic E-state index is 0.0418. The van der Waals surface area contributed by atoms with Gasteiger partial charge in [0.05, 0.1) is 13.7 Å². The van der Waals surface area contributed by atoms with Gasteiger partial charge < -0.3 is 9.84 Å². The van der Waals surface area contributed by atoms with Gasteiger partial charge in [-0.05, 0) is 30.3 Å². The first kappa shape index (κ1) is 9.49. The standard InChI is InChI=1S/C11H15NO2/c1-12-5-8-3-10(7-13)11(14-2)4-9(8)6-12/h3-4,13H,5-7H2,1-2H3. The fourth-order valence-electron chi connectivity index (χ4n) is 1.96. The van der Waals surface area contributed by atoms with Crippen molar-refractivity contribution in [3.63, 3.8) is 0 Å². The molecule has 1 heterocycles. The van der Waals surface area contributed by atoms with E-state index in [1.807, 2.05) is 12.1 Å². The van der Waals surface area contributed by atoms with Crippen molar-refractivity contribution in [2.24, 2.45) is 0 Å². The van der Waals surface area contributed by atoms with Crippen molar-refractivity contribution in [3.05, 3.63) is 28.8 Å². The molecule has 1 N–H and O–H groups in total. The van der Waals surface area contributed by atoms with E-state index in [4.69, 9.17) is 9.84 Å². The number of aliphatic hydroxyl groups excluding tert-OH is 1. The molecule has 0 bridgehead atoms. The number of benzene rings is 1. The molecule has 0 atom stereocenters. The fourth-order valence-corrected chi connectivity index (χ4v) is 1.96. The van der Waals surface area contributed by atoms with Crippen LogP contribution in [0.3, 0.4) is 0 Å². The lowest BCUT2D eigenvalue weighted by molar-refractivity contribution is 0.273. The number of methoxy groups -OCH3 is 1. The maximum absolute atomic E-state index is 9.15. The van der Waals surface area contributed by atoms with Crippen molar-refractivity contribution < 1.29 is 9.84 Å². The zero-order valence-electron chi connectivity index (χ0n) is 8.58. The molecule has 3 heteroatoms. The van der Waals surface area contributed by atoms with Crippen LogP contribution in [0.5, 0.6) is 5.75 Å². The lowest BCUT2D eigenvalue weighted by atomic mass is 10.1. The molecule has 0 amide bonds. The minimum absolute atomic E-state index is 0.0418. The normalized spacial score (nSPS) is 15.6. The van der Waals surface area contributed by atoms with Crippen LogP contribution >= 0.6 is 0 Å². The molecule has 1 aliphatic rings. The predicted octanol–water partition coefficient (Wildman–Crippen LogP) is 1.13. The van der Waals surface area contributed by atoms with Crippen LogP contribution in [0.2, 0.25) is 0 Å². The fraction of sp³-hybridized carbons (Fsp3) is 0.455. The van der Waals surface area contributed by atoms with Gasteiger partial charge >= 0.3 is 0 Å². The Hall–Kier alpha value is -1.06. The molecule has 1 aromatic carbocycles. The van der Waals surface area contributed by atoms with E-state index in [9.17, 15) is 0 Å². The lowest BCUT2D eigenvalue weighted by Gasteiger charge is -2.08. The van der Waals surface area contributed by atoms with E-state index in [0.29, 0.717) is 0 Å². The number of nitrogens with zero attached hydrogens (tertiary/aromatic N) is 1. The summed E-state index contributed by atoms with van der Waals surface area (Å²) < 4.78 is 5.22. The smallest absolute Gasteiger partial charge is 0.124 e. The molecule has 1 aromatic rings. The van der Waals surface area contributed by atoms with Crippen molar-refractivity contribution >= 4 is 0 Å². The zero-order chi connectivity index (χ0) is 10.1. The van der Waals surface area contributed by atoms with E-state index < -0.39 is 0 Å². The Morgan fingerprint density at radius 2 is 2.00 bits per heavy atom. The number of aliphatic hydroxyl groups is 1. The number of rotatable bonds is 2. The van der Waals surface area contributed by atoms with Crippen molar-refractivity contribution in [3.8, 4) is 5.75 Å². The van der Waals surface area contributed by atoms with E-state index in [0.717, 1.165) is 24.4 Å². The molecule has 0 saturated carbocycles. The van der Waals surface area contributed by atoms with Gasteiger partial charge in [-0.15, -0.1) is 0 Å². The Labute approximate surface area is 83.9 Å². The second-order valence-corrected chi connectivity index (χ2v) is 3.76. The first-order valence-electron chi connectivity index (χ1n) is 4.72. The van der Waals surface area contributed by atoms with E-state index in [1.54, 1.807) is 7.11 Å². The van der Waals surface area contributed by atoms with Gasteiger partial charge in [-0.25, -0.2) is 0 Å². The Bertz CT molecular complexity index is 316. The van der Waals surface area contributed by atoms with Gasteiger partial charge in [0, 0.05) is 18.7 Å². The third kappa shape index (κ3) is 1.49. The maximum Gasteiger partial charge on any atom is 0.124 e. The van der Waals surface area contributed by atoms with Crippen molar-refractivity contribution in [1.82, 2.24) is 4.90 Å². The lowest BCUT2D eigenvalue weighted by Crippen LogP contribution is -2.07. The van der Waals surface area contributed by atoms with Crippen LogP contribution in [-0.4, -0.2) is 24.2 Å². The van der Waals surface area contributed by atoms with Gasteiger partial charge in [-0.3, -0.25) is 4.90 Å². The topological polar surface area (TPSA) is 32.7 Å². The van der Waals surface area contributed by atoms with E-state index in [2.05, 4.69) is 11.9 Å². The summed E-state index contributed by atoms with van der Waals surface area (Å²) in [7, 11) is 3.73. The van der Waals surface area contributed by atoms with Crippen LogP contribution in [0, 0.1) is 0 Å². The first-order valence-corrected chi connectivity index (χ1v) is 4.72. The molecule has 0 radical (unpaired) electrons. The molecule has 3 nitrogen and oxygen atoms in total. The largest absolute Gasteiger partial charge is 0.496 e. The van der Waals surface area contributed by atoms with Crippen LogP contribution in [0.15, 0.2) is 12.1 Å². The highest BCUT2D eigenvalue weighted by Crippen LogP contribution is 2.29. The van der Waals surface area contributed by atoms with Crippen LogP contribution in [0.1, 0.15) is 16.7 Å². The molecular formula is C11H15NO2. The van der Waals surface area contributed by atoms with Gasteiger partial charge in [0.2, 0.25) is 0 Å². The van der Waals surface area contributed by atoms with Crippen LogP contribution in [0.4, 0.5) is 0 Å². The van der Waals surface area contributed by atoms with Crippen molar-refractivity contribution in [1.29, 1.82) is 0 Å². The second kappa shape index (κ2) is 3.59. The summed E-state index contributed by atoms with van der Waals surface area (Å²) in [6.45, 7) is 1.98. The molecule has 1 aliphatic heterocycles. The van der Waals surface area contributed by atoms with Crippen LogP contribution < -0.4 is 4.74 Å². The molecule has 0 aromatic heterocycles. The summed E-state index contributed by atoms with van der Waals surface area (Å²) in [5.41, 5.74) is 3.49. The van der Waals surface area contributed by atoms with Crippen molar-refractivity contribution in [2.45, 2.75) is 19.7 Å². The summed E-state index contributed by atoms with van der Waals surface area (Å²) in [5, 5.41) is 9.15. The van der Waals surface area contributed by atoms with E-state index >= 15 is 0 Å². The summed E-state index contributed by atoms with van der Waals surface area (Å²) in [5.74, 6) is 0.793. The second-order valence-electron chi connectivity index (χ2n) is 3.76. The molecular weight excluding hydrogens is 178 g/mol. The Balaban J connectivity index is 2.43. The SMILES string of the molecule is COc1cc2c(cc1CO)CN(C)C2. The average molecular weight is 193 g/mol. The zero-order valence-corrected chi connectivity index (χ0v) is 8.58.